The molecule has 2 N–H and O–H groups in total. The van der Waals surface area contributed by atoms with Crippen LogP contribution in [0.25, 0.3) is 0 Å². The van der Waals surface area contributed by atoms with Gasteiger partial charge >= 0.3 is 0 Å². The number of aromatic amines is 1. The SMILES string of the molecule is O=C(COc1ccc2c(c1)CCC2)NCc1cn[nH]c1. The highest BCUT2D eigenvalue weighted by molar-refractivity contribution is 5.77. The molecule has 1 aliphatic rings. The van der Waals surface area contributed by atoms with Gasteiger partial charge in [-0.1, -0.05) is 6.07 Å². The molecule has 3 rings (SSSR count). The van der Waals surface area contributed by atoms with E-state index in [4.69, 9.17) is 4.74 Å². The molecule has 1 amide bonds. The number of hydrogen-bond acceptors (Lipinski definition) is 3. The van der Waals surface area contributed by atoms with E-state index in [0.717, 1.165) is 24.2 Å². The summed E-state index contributed by atoms with van der Waals surface area (Å²) in [5.41, 5.74) is 3.69. The average molecular weight is 271 g/mol. The molecule has 20 heavy (non-hydrogen) atoms. The van der Waals surface area contributed by atoms with E-state index in [1.807, 2.05) is 12.1 Å². The van der Waals surface area contributed by atoms with E-state index < -0.39 is 0 Å². The zero-order valence-electron chi connectivity index (χ0n) is 11.2. The molecule has 1 aromatic carbocycles. The number of H-pyrrole nitrogens is 1. The number of ether oxygens (including phenoxy) is 1. The second-order valence-electron chi connectivity index (χ2n) is 4.96. The Morgan fingerprint density at radius 3 is 3.10 bits per heavy atom. The Morgan fingerprint density at radius 1 is 1.35 bits per heavy atom. The summed E-state index contributed by atoms with van der Waals surface area (Å²) in [4.78, 5) is 11.7. The first-order valence-electron chi connectivity index (χ1n) is 6.80. The van der Waals surface area contributed by atoms with Gasteiger partial charge in [-0.05, 0) is 42.5 Å². The third-order valence-electron chi connectivity index (χ3n) is 3.48. The van der Waals surface area contributed by atoms with Gasteiger partial charge in [0.15, 0.2) is 6.61 Å². The average Bonchev–Trinajstić information content (AvgIpc) is 3.13. The molecule has 0 spiro atoms. The highest BCUT2D eigenvalue weighted by atomic mass is 16.5. The first kappa shape index (κ1) is 12.7. The first-order chi connectivity index (χ1) is 9.81. The molecule has 0 saturated carbocycles. The Labute approximate surface area is 117 Å². The van der Waals surface area contributed by atoms with Crippen molar-refractivity contribution in [2.24, 2.45) is 0 Å². The summed E-state index contributed by atoms with van der Waals surface area (Å²) in [6, 6.07) is 6.08. The van der Waals surface area contributed by atoms with Crippen molar-refractivity contribution in [3.8, 4) is 5.75 Å². The number of hydrogen-bond donors (Lipinski definition) is 2. The molecule has 0 fully saturated rings. The summed E-state index contributed by atoms with van der Waals surface area (Å²) in [5, 5.41) is 9.31. The van der Waals surface area contributed by atoms with Crippen molar-refractivity contribution in [1.82, 2.24) is 15.5 Å². The van der Waals surface area contributed by atoms with Crippen molar-refractivity contribution in [2.75, 3.05) is 6.61 Å². The van der Waals surface area contributed by atoms with Gasteiger partial charge in [0, 0.05) is 18.3 Å². The minimum Gasteiger partial charge on any atom is -0.484 e. The fourth-order valence-electron chi connectivity index (χ4n) is 2.41. The summed E-state index contributed by atoms with van der Waals surface area (Å²) in [5.74, 6) is 0.635. The largest absolute Gasteiger partial charge is 0.484 e. The predicted molar refractivity (Wildman–Crippen MR) is 74.4 cm³/mol. The highest BCUT2D eigenvalue weighted by Gasteiger charge is 2.11. The van der Waals surface area contributed by atoms with Crippen molar-refractivity contribution in [2.45, 2.75) is 25.8 Å². The molecule has 0 radical (unpaired) electrons. The molecule has 0 bridgehead atoms. The third kappa shape index (κ3) is 2.99. The summed E-state index contributed by atoms with van der Waals surface area (Å²) in [7, 11) is 0. The quantitative estimate of drug-likeness (QED) is 0.868. The fraction of sp³-hybridized carbons (Fsp3) is 0.333. The molecule has 1 aliphatic carbocycles. The van der Waals surface area contributed by atoms with Crippen molar-refractivity contribution in [3.05, 3.63) is 47.3 Å². The van der Waals surface area contributed by atoms with Gasteiger partial charge in [-0.15, -0.1) is 0 Å². The van der Waals surface area contributed by atoms with Crippen LogP contribution in [0.2, 0.25) is 0 Å². The van der Waals surface area contributed by atoms with Gasteiger partial charge in [-0.3, -0.25) is 9.89 Å². The van der Waals surface area contributed by atoms with Crippen molar-refractivity contribution in [1.29, 1.82) is 0 Å². The van der Waals surface area contributed by atoms with Crippen molar-refractivity contribution in [3.63, 3.8) is 0 Å². The lowest BCUT2D eigenvalue weighted by Gasteiger charge is -2.08. The van der Waals surface area contributed by atoms with Crippen LogP contribution in [0.15, 0.2) is 30.6 Å². The third-order valence-corrected chi connectivity index (χ3v) is 3.48. The molecule has 0 saturated heterocycles. The second kappa shape index (κ2) is 5.77. The maximum atomic E-state index is 11.7. The summed E-state index contributed by atoms with van der Waals surface area (Å²) < 4.78 is 5.53. The number of aromatic nitrogens is 2. The molecule has 1 aromatic heterocycles. The highest BCUT2D eigenvalue weighted by Crippen LogP contribution is 2.25. The number of rotatable bonds is 5. The van der Waals surface area contributed by atoms with Gasteiger partial charge in [-0.25, -0.2) is 0 Å². The first-order valence-corrected chi connectivity index (χ1v) is 6.80. The molecule has 0 aliphatic heterocycles. The van der Waals surface area contributed by atoms with Gasteiger partial charge in [0.2, 0.25) is 0 Å². The lowest BCUT2D eigenvalue weighted by atomic mass is 10.1. The molecule has 0 atom stereocenters. The molecule has 0 unspecified atom stereocenters. The standard InChI is InChI=1S/C15H17N3O2/c19-15(16-7-11-8-17-18-9-11)10-20-14-5-4-12-2-1-3-13(12)6-14/h4-6,8-9H,1-3,7,10H2,(H,16,19)(H,17,18). The summed E-state index contributed by atoms with van der Waals surface area (Å²) in [6.07, 6.45) is 6.91. The van der Waals surface area contributed by atoms with Crippen LogP contribution >= 0.6 is 0 Å². The van der Waals surface area contributed by atoms with Crippen LogP contribution in [-0.2, 0) is 24.2 Å². The predicted octanol–water partition coefficient (Wildman–Crippen LogP) is 1.59. The second-order valence-corrected chi connectivity index (χ2v) is 4.96. The number of aryl methyl sites for hydroxylation is 2. The van der Waals surface area contributed by atoms with Crippen LogP contribution in [0.1, 0.15) is 23.1 Å². The van der Waals surface area contributed by atoms with E-state index in [-0.39, 0.29) is 12.5 Å². The van der Waals surface area contributed by atoms with Gasteiger partial charge in [-0.2, -0.15) is 5.10 Å². The zero-order chi connectivity index (χ0) is 13.8. The Balaban J connectivity index is 1.48. The molecule has 5 heteroatoms. The smallest absolute Gasteiger partial charge is 0.258 e. The maximum Gasteiger partial charge on any atom is 0.258 e. The van der Waals surface area contributed by atoms with Crippen LogP contribution < -0.4 is 10.1 Å². The van der Waals surface area contributed by atoms with Crippen LogP contribution in [-0.4, -0.2) is 22.7 Å². The number of amides is 1. The normalized spacial score (nSPS) is 13.0. The molecule has 1 heterocycles. The van der Waals surface area contributed by atoms with Crippen molar-refractivity contribution < 1.29 is 9.53 Å². The Hall–Kier alpha value is -2.30. The molecular weight excluding hydrogens is 254 g/mol. The topological polar surface area (TPSA) is 67.0 Å². The van der Waals surface area contributed by atoms with Gasteiger partial charge in [0.05, 0.1) is 6.20 Å². The number of benzene rings is 1. The minimum atomic E-state index is -0.133. The molecule has 104 valence electrons. The minimum absolute atomic E-state index is 0.0383. The number of nitrogens with one attached hydrogen (secondary N) is 2. The number of carbonyl (C=O) groups excluding carboxylic acids is 1. The van der Waals surface area contributed by atoms with Crippen LogP contribution in [0.5, 0.6) is 5.75 Å². The Bertz CT molecular complexity index is 593. The summed E-state index contributed by atoms with van der Waals surface area (Å²) >= 11 is 0. The fourth-order valence-corrected chi connectivity index (χ4v) is 2.41. The molecule has 5 nitrogen and oxygen atoms in total. The lowest BCUT2D eigenvalue weighted by Crippen LogP contribution is -2.28. The van der Waals surface area contributed by atoms with E-state index >= 15 is 0 Å². The van der Waals surface area contributed by atoms with Gasteiger partial charge < -0.3 is 10.1 Å². The van der Waals surface area contributed by atoms with E-state index in [9.17, 15) is 4.79 Å². The van der Waals surface area contributed by atoms with Crippen molar-refractivity contribution >= 4 is 5.91 Å². The number of carbonyl (C=O) groups is 1. The number of nitrogens with zero attached hydrogens (tertiary/aromatic N) is 1. The van der Waals surface area contributed by atoms with Gasteiger partial charge in [0.1, 0.15) is 5.75 Å². The van der Waals surface area contributed by atoms with E-state index in [0.29, 0.717) is 6.54 Å². The Morgan fingerprint density at radius 2 is 2.25 bits per heavy atom. The van der Waals surface area contributed by atoms with Crippen LogP contribution in [0, 0.1) is 0 Å². The number of fused-ring (bicyclic) bond motifs is 1. The Kier molecular flexibility index (Phi) is 3.67. The van der Waals surface area contributed by atoms with Gasteiger partial charge in [0.25, 0.3) is 5.91 Å². The lowest BCUT2D eigenvalue weighted by molar-refractivity contribution is -0.123. The summed E-state index contributed by atoms with van der Waals surface area (Å²) in [6.45, 7) is 0.500. The van der Waals surface area contributed by atoms with Crippen LogP contribution in [0.4, 0.5) is 0 Å². The van der Waals surface area contributed by atoms with E-state index in [1.165, 1.54) is 17.5 Å². The monoisotopic (exact) mass is 271 g/mol. The molecule has 2 aromatic rings. The van der Waals surface area contributed by atoms with E-state index in [1.54, 1.807) is 12.4 Å². The zero-order valence-corrected chi connectivity index (χ0v) is 11.2. The maximum absolute atomic E-state index is 11.7. The van der Waals surface area contributed by atoms with Crippen LogP contribution in [0.3, 0.4) is 0 Å². The molecular formula is C15H17N3O2. The van der Waals surface area contributed by atoms with E-state index in [2.05, 4.69) is 21.6 Å².